The summed E-state index contributed by atoms with van der Waals surface area (Å²) in [5, 5.41) is 22.9. The quantitative estimate of drug-likeness (QED) is 0.414. The van der Waals surface area contributed by atoms with Gasteiger partial charge >= 0.3 is 0 Å². The molecule has 0 radical (unpaired) electrons. The first-order valence-electron chi connectivity index (χ1n) is 6.81. The minimum atomic E-state index is -0.632. The minimum absolute atomic E-state index is 0.0557. The maximum absolute atomic E-state index is 13.3. The van der Waals surface area contributed by atoms with Gasteiger partial charge in [0.25, 0.3) is 5.69 Å². The second kappa shape index (κ2) is 5.95. The highest BCUT2D eigenvalue weighted by molar-refractivity contribution is 5.95. The van der Waals surface area contributed by atoms with Gasteiger partial charge in [-0.25, -0.2) is 4.39 Å². The van der Waals surface area contributed by atoms with E-state index in [2.05, 4.69) is 15.4 Å². The van der Waals surface area contributed by atoms with Crippen LogP contribution in [0.2, 0.25) is 0 Å². The maximum atomic E-state index is 13.3. The first kappa shape index (κ1) is 15.4. The standard InChI is InChI=1S/C15H10FN5O3/c1-9(22)10-5-6-13(14(8-10)21(23)24)20-18-15(17-19-20)11-3-2-4-12(16)7-11/h2-8H,1H3. The predicted octanol–water partition coefficient (Wildman–Crippen LogP) is 2.58. The van der Waals surface area contributed by atoms with E-state index in [1.165, 1.54) is 37.3 Å². The molecule has 0 amide bonds. The summed E-state index contributed by atoms with van der Waals surface area (Å²) in [6, 6.07) is 9.56. The number of aromatic nitrogens is 4. The van der Waals surface area contributed by atoms with Crippen molar-refractivity contribution in [2.24, 2.45) is 0 Å². The summed E-state index contributed by atoms with van der Waals surface area (Å²) in [4.78, 5) is 23.0. The van der Waals surface area contributed by atoms with Crippen LogP contribution in [0.15, 0.2) is 42.5 Å². The summed E-state index contributed by atoms with van der Waals surface area (Å²) in [6.45, 7) is 1.31. The van der Waals surface area contributed by atoms with Gasteiger partial charge in [0, 0.05) is 17.2 Å². The number of carbonyl (C=O) groups is 1. The molecule has 0 N–H and O–H groups in total. The van der Waals surface area contributed by atoms with Gasteiger partial charge in [0.1, 0.15) is 5.82 Å². The van der Waals surface area contributed by atoms with Crippen molar-refractivity contribution >= 4 is 11.5 Å². The summed E-state index contributed by atoms with van der Waals surface area (Å²) in [6.07, 6.45) is 0. The van der Waals surface area contributed by atoms with Gasteiger partial charge < -0.3 is 0 Å². The molecule has 0 aliphatic carbocycles. The Bertz CT molecular complexity index is 954. The van der Waals surface area contributed by atoms with Crippen LogP contribution in [0.4, 0.5) is 10.1 Å². The first-order chi connectivity index (χ1) is 11.5. The maximum Gasteiger partial charge on any atom is 0.297 e. The first-order valence-corrected chi connectivity index (χ1v) is 6.81. The number of rotatable bonds is 4. The molecule has 0 unspecified atom stereocenters. The number of hydrogen-bond donors (Lipinski definition) is 0. The zero-order valence-corrected chi connectivity index (χ0v) is 12.4. The van der Waals surface area contributed by atoms with Gasteiger partial charge in [0.15, 0.2) is 11.5 Å². The second-order valence-corrected chi connectivity index (χ2v) is 4.93. The number of tetrazole rings is 1. The number of benzene rings is 2. The summed E-state index contributed by atoms with van der Waals surface area (Å²) in [5.74, 6) is -0.628. The van der Waals surface area contributed by atoms with E-state index in [-0.39, 0.29) is 28.5 Å². The van der Waals surface area contributed by atoms with Crippen LogP contribution in [0.3, 0.4) is 0 Å². The van der Waals surface area contributed by atoms with Crippen LogP contribution in [-0.2, 0) is 0 Å². The number of ketones is 1. The zero-order chi connectivity index (χ0) is 17.3. The monoisotopic (exact) mass is 327 g/mol. The number of nitro benzene ring substituents is 1. The third kappa shape index (κ3) is 2.86. The number of carbonyl (C=O) groups excluding carboxylic acids is 1. The molecule has 0 fully saturated rings. The average molecular weight is 327 g/mol. The highest BCUT2D eigenvalue weighted by atomic mass is 19.1. The summed E-state index contributed by atoms with van der Waals surface area (Å²) in [7, 11) is 0. The van der Waals surface area contributed by atoms with Crippen LogP contribution < -0.4 is 0 Å². The van der Waals surface area contributed by atoms with Gasteiger partial charge in [0.05, 0.1) is 4.92 Å². The van der Waals surface area contributed by atoms with Gasteiger partial charge in [-0.3, -0.25) is 14.9 Å². The van der Waals surface area contributed by atoms with E-state index in [0.717, 1.165) is 10.9 Å². The van der Waals surface area contributed by atoms with Gasteiger partial charge in [-0.05, 0) is 36.4 Å². The van der Waals surface area contributed by atoms with Gasteiger partial charge in [0.2, 0.25) is 5.82 Å². The van der Waals surface area contributed by atoms with E-state index in [1.807, 2.05) is 0 Å². The van der Waals surface area contributed by atoms with Gasteiger partial charge in [-0.2, -0.15) is 0 Å². The van der Waals surface area contributed by atoms with Crippen molar-refractivity contribution in [3.63, 3.8) is 0 Å². The van der Waals surface area contributed by atoms with Crippen LogP contribution in [0, 0.1) is 15.9 Å². The van der Waals surface area contributed by atoms with Crippen molar-refractivity contribution in [3.8, 4) is 17.1 Å². The molecule has 9 heteroatoms. The molecule has 1 aromatic heterocycles. The summed E-state index contributed by atoms with van der Waals surface area (Å²) in [5.41, 5.74) is 0.325. The van der Waals surface area contributed by atoms with Gasteiger partial charge in [-0.1, -0.05) is 12.1 Å². The molecule has 3 rings (SSSR count). The van der Waals surface area contributed by atoms with Crippen LogP contribution >= 0.6 is 0 Å². The highest BCUT2D eigenvalue weighted by Crippen LogP contribution is 2.24. The molecular formula is C15H10FN5O3. The fourth-order valence-corrected chi connectivity index (χ4v) is 2.12. The fraction of sp³-hybridized carbons (Fsp3) is 0.0667. The molecule has 0 atom stereocenters. The molecule has 8 nitrogen and oxygen atoms in total. The number of Topliss-reactive ketones (excluding diaryl/α,β-unsaturated/α-hetero) is 1. The highest BCUT2D eigenvalue weighted by Gasteiger charge is 2.20. The van der Waals surface area contributed by atoms with Crippen molar-refractivity contribution in [1.29, 1.82) is 0 Å². The lowest BCUT2D eigenvalue weighted by atomic mass is 10.1. The number of hydrogen-bond acceptors (Lipinski definition) is 6. The summed E-state index contributed by atoms with van der Waals surface area (Å²) < 4.78 is 13.3. The Morgan fingerprint density at radius 3 is 2.71 bits per heavy atom. The molecule has 1 heterocycles. The normalized spacial score (nSPS) is 10.6. The lowest BCUT2D eigenvalue weighted by Gasteiger charge is -2.02. The Kier molecular flexibility index (Phi) is 3.82. The van der Waals surface area contributed by atoms with E-state index in [0.29, 0.717) is 5.56 Å². The van der Waals surface area contributed by atoms with Crippen LogP contribution in [0.5, 0.6) is 0 Å². The van der Waals surface area contributed by atoms with Crippen LogP contribution in [0.1, 0.15) is 17.3 Å². The second-order valence-electron chi connectivity index (χ2n) is 4.93. The van der Waals surface area contributed by atoms with E-state index in [4.69, 9.17) is 0 Å². The third-order valence-electron chi connectivity index (χ3n) is 3.29. The molecule has 3 aromatic rings. The molecule has 0 saturated heterocycles. The molecule has 24 heavy (non-hydrogen) atoms. The molecule has 0 aliphatic rings. The van der Waals surface area contributed by atoms with Crippen molar-refractivity contribution in [1.82, 2.24) is 20.2 Å². The van der Waals surface area contributed by atoms with Crippen molar-refractivity contribution in [2.45, 2.75) is 6.92 Å². The largest absolute Gasteiger partial charge is 0.297 e. The molecule has 120 valence electrons. The minimum Gasteiger partial charge on any atom is -0.295 e. The lowest BCUT2D eigenvalue weighted by molar-refractivity contribution is -0.384. The van der Waals surface area contributed by atoms with Gasteiger partial charge in [-0.15, -0.1) is 15.0 Å². The van der Waals surface area contributed by atoms with Crippen LogP contribution in [0.25, 0.3) is 17.1 Å². The summed E-state index contributed by atoms with van der Waals surface area (Å²) >= 11 is 0. The topological polar surface area (TPSA) is 104 Å². The molecule has 0 bridgehead atoms. The van der Waals surface area contributed by atoms with Crippen molar-refractivity contribution in [3.05, 3.63) is 64.0 Å². The van der Waals surface area contributed by atoms with Crippen molar-refractivity contribution < 1.29 is 14.1 Å². The third-order valence-corrected chi connectivity index (χ3v) is 3.29. The van der Waals surface area contributed by atoms with E-state index in [1.54, 1.807) is 6.07 Å². The van der Waals surface area contributed by atoms with E-state index < -0.39 is 10.7 Å². The van der Waals surface area contributed by atoms with E-state index >= 15 is 0 Å². The molecule has 0 saturated carbocycles. The molecule has 0 aliphatic heterocycles. The fourth-order valence-electron chi connectivity index (χ4n) is 2.12. The average Bonchev–Trinajstić information content (AvgIpc) is 3.04. The Balaban J connectivity index is 2.07. The number of halogens is 1. The van der Waals surface area contributed by atoms with Crippen molar-refractivity contribution in [2.75, 3.05) is 0 Å². The number of nitrogens with zero attached hydrogens (tertiary/aromatic N) is 5. The molecular weight excluding hydrogens is 317 g/mol. The Hall–Kier alpha value is -3.49. The smallest absolute Gasteiger partial charge is 0.295 e. The molecule has 2 aromatic carbocycles. The zero-order valence-electron chi connectivity index (χ0n) is 12.4. The molecule has 0 spiro atoms. The Morgan fingerprint density at radius 2 is 2.04 bits per heavy atom. The predicted molar refractivity (Wildman–Crippen MR) is 81.2 cm³/mol. The lowest BCUT2D eigenvalue weighted by Crippen LogP contribution is -2.05. The Labute approximate surface area is 134 Å². The Morgan fingerprint density at radius 1 is 1.25 bits per heavy atom. The number of nitro groups is 1. The van der Waals surface area contributed by atoms with E-state index in [9.17, 15) is 19.3 Å². The van der Waals surface area contributed by atoms with Crippen LogP contribution in [-0.4, -0.2) is 30.9 Å². The SMILES string of the molecule is CC(=O)c1ccc(-n2nnc(-c3cccc(F)c3)n2)c([N+](=O)[O-])c1.